The van der Waals surface area contributed by atoms with Crippen molar-refractivity contribution in [2.24, 2.45) is 0 Å². The van der Waals surface area contributed by atoms with Crippen molar-refractivity contribution in [3.05, 3.63) is 235 Å². The lowest BCUT2D eigenvalue weighted by Crippen LogP contribution is -2.70. The molecular formula is C103H104N8O22S2. The average Bonchev–Trinajstić information content (AvgIpc) is 1.49. The zero-order valence-electron chi connectivity index (χ0n) is 76.5. The van der Waals surface area contributed by atoms with Crippen LogP contribution in [-0.2, 0) is 70.1 Å². The molecule has 0 saturated carbocycles. The first-order chi connectivity index (χ1) is 65.2. The Labute approximate surface area is 789 Å². The van der Waals surface area contributed by atoms with Crippen molar-refractivity contribution in [1.29, 1.82) is 10.5 Å². The van der Waals surface area contributed by atoms with E-state index in [4.69, 9.17) is 66.3 Å². The average molecular weight is 1870 g/mol. The van der Waals surface area contributed by atoms with Crippen LogP contribution in [0.1, 0.15) is 156 Å². The van der Waals surface area contributed by atoms with Gasteiger partial charge in [-0.15, -0.1) is 36.7 Å². The fraction of sp³-hybridized carbons (Fsp3) is 0.388. The number of phenolic OH excluding ortho intramolecular Hbond substituents is 3. The standard InChI is InChI=1S/C54H56N4O12S.C49H48N4O10S/c1-9-19-57-34-21-32-20-28(2)46(64-8)45(60)40(32)43(57)44-50-42-41(49-48(66-27-67-49)29(3)47(42)69-39(59)16-15-30-13-11-10-12-14-30)36(58(44)35(34)24-55)25-65-51(61)54(26-71-50)33-23-37(63-7)38(22-31(33)17-18-56-54)68-52(62)70-53(4,5)6;1-6-16-52-31-18-29-17-25(2)43(59-5)42(56)37(29)40(52)41-47-39-38(46-45(61-24-62-46)26(3)44(39)63-36(55)13-12-27-10-8-7-9-11-27)33(53(41)32(31)21-50)22-60-48(57)49(23-64-47)30-20-35(58-4)34(54)19-28(30)14-15-51-49/h9-16,20,22-23,34-36,43-44,50,56,60H,1,17-19,21,25-27H2,2-8H3;6-13,17,19-20,31-33,40-41,47,51,54,56H,1,14-16,18,22-24H2,2-5H3/b16-15+;13-12+/t34-,35-,36-,43+,44?,50+,54+;31-,32-,33-,40+,41?,47+,49+/m00/s1. The van der Waals surface area contributed by atoms with Crippen LogP contribution in [0.15, 0.2) is 135 Å². The number of aryl methyl sites for hydroxylation is 2. The number of ether oxygens (including phenoxy) is 14. The Bertz CT molecular complexity index is 6370. The van der Waals surface area contributed by atoms with Gasteiger partial charge in [0.05, 0.1) is 75.2 Å². The molecule has 0 aromatic heterocycles. The number of nitriles is 2. The molecule has 8 bridgehead atoms. The van der Waals surface area contributed by atoms with E-state index in [1.807, 2.05) is 107 Å². The molecule has 2 unspecified atom stereocenters. The van der Waals surface area contributed by atoms with Gasteiger partial charge in [0, 0.05) is 119 Å². The number of carbonyl (C=O) groups is 5. The van der Waals surface area contributed by atoms with Crippen molar-refractivity contribution in [3.8, 4) is 92.6 Å². The number of rotatable bonds is 15. The molecule has 14 heterocycles. The van der Waals surface area contributed by atoms with Gasteiger partial charge in [-0.3, -0.25) is 30.2 Å². The van der Waals surface area contributed by atoms with Gasteiger partial charge < -0.3 is 81.6 Å². The van der Waals surface area contributed by atoms with Crippen LogP contribution in [-0.4, -0.2) is 200 Å². The summed E-state index contributed by atoms with van der Waals surface area (Å²) in [5.41, 5.74) is 8.73. The molecule has 14 aliphatic heterocycles. The molecule has 8 aromatic carbocycles. The number of nitrogens with zero attached hydrogens (tertiary/aromatic N) is 6. The molecule has 4 fully saturated rings. The molecule has 4 saturated heterocycles. The second kappa shape index (κ2) is 36.1. The number of methoxy groups -OCH3 is 4. The number of hydrogen-bond donors (Lipinski definition) is 5. The monoisotopic (exact) mass is 1870 g/mol. The van der Waals surface area contributed by atoms with Crippen LogP contribution in [0.4, 0.5) is 4.79 Å². The summed E-state index contributed by atoms with van der Waals surface area (Å²) < 4.78 is 85.5. The molecule has 8 aromatic rings. The number of phenols is 3. The zero-order chi connectivity index (χ0) is 94.7. The normalized spacial score (nSPS) is 25.8. The van der Waals surface area contributed by atoms with E-state index in [0.29, 0.717) is 142 Å². The van der Waals surface area contributed by atoms with Crippen LogP contribution in [0, 0.1) is 50.4 Å². The van der Waals surface area contributed by atoms with Crippen LogP contribution >= 0.6 is 23.5 Å². The first-order valence-corrected chi connectivity index (χ1v) is 47.0. The maximum atomic E-state index is 15.3. The van der Waals surface area contributed by atoms with E-state index in [2.05, 4.69) is 55.5 Å². The summed E-state index contributed by atoms with van der Waals surface area (Å²) in [6.07, 6.45) is 10.7. The van der Waals surface area contributed by atoms with E-state index >= 15 is 9.59 Å². The smallest absolute Gasteiger partial charge is 0.504 e. The lowest BCUT2D eigenvalue weighted by Gasteiger charge is -2.62. The van der Waals surface area contributed by atoms with Gasteiger partial charge in [0.25, 0.3) is 0 Å². The van der Waals surface area contributed by atoms with Crippen LogP contribution in [0.5, 0.6) is 80.5 Å². The summed E-state index contributed by atoms with van der Waals surface area (Å²) in [6, 6.07) is 28.6. The quantitative estimate of drug-likeness (QED) is 0.0159. The first-order valence-electron chi connectivity index (χ1n) is 45.0. The molecule has 30 nitrogen and oxygen atoms in total. The molecule has 5 N–H and O–H groups in total. The van der Waals surface area contributed by atoms with E-state index in [1.165, 1.54) is 64.1 Å². The van der Waals surface area contributed by atoms with Crippen LogP contribution in [0.2, 0.25) is 0 Å². The summed E-state index contributed by atoms with van der Waals surface area (Å²) in [6.45, 7) is 21.8. The minimum atomic E-state index is -1.50. The topological polar surface area (TPSA) is 360 Å². The van der Waals surface area contributed by atoms with E-state index in [-0.39, 0.29) is 90.3 Å². The second-order valence-electron chi connectivity index (χ2n) is 36.5. The summed E-state index contributed by atoms with van der Waals surface area (Å²) in [5.74, 6) is 1.17. The lowest BCUT2D eigenvalue weighted by molar-refractivity contribution is -0.158. The van der Waals surface area contributed by atoms with E-state index in [9.17, 15) is 40.2 Å². The number of benzene rings is 8. The van der Waals surface area contributed by atoms with Crippen molar-refractivity contribution in [1.82, 2.24) is 30.2 Å². The third-order valence-electron chi connectivity index (χ3n) is 28.1. The van der Waals surface area contributed by atoms with Crippen molar-refractivity contribution in [3.63, 3.8) is 0 Å². The number of esters is 4. The Morgan fingerprint density at radius 2 is 0.963 bits per heavy atom. The lowest BCUT2D eigenvalue weighted by atomic mass is 9.71. The summed E-state index contributed by atoms with van der Waals surface area (Å²) in [4.78, 5) is 80.4. The third kappa shape index (κ3) is 15.2. The largest absolute Gasteiger partial charge is 0.514 e. The molecule has 22 rings (SSSR count). The number of thioether (sulfide) groups is 2. The molecule has 135 heavy (non-hydrogen) atoms. The van der Waals surface area contributed by atoms with Gasteiger partial charge in [-0.2, -0.15) is 10.5 Å². The van der Waals surface area contributed by atoms with Gasteiger partial charge in [0.15, 0.2) is 80.1 Å². The second-order valence-corrected chi connectivity index (χ2v) is 38.8. The highest BCUT2D eigenvalue weighted by Gasteiger charge is 2.66. The SMILES string of the molecule is C=CCN1[C@@H]2c3c(cc(C)c(OC)c3O)C[C@H]1[C@H](C#N)N1C2[C@@H]2SC[C@]3(NCCc4cc(O)c(OC)cc43)C(=O)OC[C@H]1c1c3c(c(C)c(OC(=O)/C=C/c4ccccc4)c12)OCO3.C=CCN1[C@@H]2c3c(cc(C)c(OC)c3O)C[C@H]1[C@H](C#N)N1C2[C@@H]2SC[C@]3(NCCc4cc(OC(=O)OC(C)(C)C)c(OC)cc43)C(=O)OC[C@H]1c1c3c(c(C)c(OC(=O)/C=C/c4ccccc4)c12)OCO3. The molecular weight excluding hydrogens is 1770 g/mol. The number of hydrogen-bond acceptors (Lipinski definition) is 32. The predicted molar refractivity (Wildman–Crippen MR) is 499 cm³/mol. The molecule has 32 heteroatoms. The fourth-order valence-corrected chi connectivity index (χ4v) is 26.1. The molecule has 0 radical (unpaired) electrons. The van der Waals surface area contributed by atoms with Gasteiger partial charge in [-0.25, -0.2) is 24.0 Å². The maximum Gasteiger partial charge on any atom is 0.514 e. The number of nitrogens with one attached hydrogen (secondary N) is 2. The van der Waals surface area contributed by atoms with E-state index in [1.54, 1.807) is 63.3 Å². The molecule has 14 atom stereocenters. The van der Waals surface area contributed by atoms with Crippen molar-refractivity contribution in [2.75, 3.05) is 92.9 Å². The maximum absolute atomic E-state index is 15.3. The van der Waals surface area contributed by atoms with Crippen LogP contribution in [0.25, 0.3) is 12.2 Å². The molecule has 2 spiro atoms. The Morgan fingerprint density at radius 1 is 0.533 bits per heavy atom. The molecule has 0 aliphatic carbocycles. The molecule has 0 amide bonds. The van der Waals surface area contributed by atoms with Gasteiger partial charge in [0.2, 0.25) is 13.6 Å². The molecule has 14 aliphatic rings. The minimum Gasteiger partial charge on any atom is -0.504 e. The van der Waals surface area contributed by atoms with Crippen LogP contribution in [0.3, 0.4) is 0 Å². The van der Waals surface area contributed by atoms with Gasteiger partial charge in [0.1, 0.15) is 42.4 Å². The Hall–Kier alpha value is -12.9. The van der Waals surface area contributed by atoms with E-state index < -0.39 is 112 Å². The zero-order valence-corrected chi connectivity index (χ0v) is 78.2. The highest BCUT2D eigenvalue weighted by Crippen LogP contribution is 2.68. The van der Waals surface area contributed by atoms with Crippen molar-refractivity contribution >= 4 is 65.7 Å². The Kier molecular flexibility index (Phi) is 24.4. The summed E-state index contributed by atoms with van der Waals surface area (Å²) in [7, 11) is 5.98. The molecule has 700 valence electrons. The predicted octanol–water partition coefficient (Wildman–Crippen LogP) is 14.1. The summed E-state index contributed by atoms with van der Waals surface area (Å²) >= 11 is 2.90. The number of carbonyl (C=O) groups excluding carboxylic acids is 5. The first kappa shape index (κ1) is 91.2. The van der Waals surface area contributed by atoms with Crippen molar-refractivity contribution < 1.29 is 106 Å². The Balaban J connectivity index is 0.000000174. The highest BCUT2D eigenvalue weighted by molar-refractivity contribution is 7.99. The minimum absolute atomic E-state index is 0.00426. The van der Waals surface area contributed by atoms with Gasteiger partial charge >= 0.3 is 30.0 Å². The number of fused-ring (bicyclic) bond motifs is 18. The number of aromatic hydroxyl groups is 3. The highest BCUT2D eigenvalue weighted by atomic mass is 32.2. The summed E-state index contributed by atoms with van der Waals surface area (Å²) in [5, 5.41) is 64.3. The van der Waals surface area contributed by atoms with Crippen molar-refractivity contribution in [2.45, 2.75) is 162 Å². The van der Waals surface area contributed by atoms with Crippen LogP contribution < -0.4 is 62.7 Å². The fourth-order valence-electron chi connectivity index (χ4n) is 22.7. The van der Waals surface area contributed by atoms with Gasteiger partial charge in [-0.1, -0.05) is 84.9 Å². The van der Waals surface area contributed by atoms with E-state index in [0.717, 1.165) is 44.5 Å². The third-order valence-corrected chi connectivity index (χ3v) is 31.0. The van der Waals surface area contributed by atoms with Gasteiger partial charge in [-0.05, 0) is 166 Å². The number of piperazine rings is 2. The Morgan fingerprint density at radius 3 is 1.38 bits per heavy atom.